The van der Waals surface area contributed by atoms with E-state index in [0.29, 0.717) is 16.8 Å². The van der Waals surface area contributed by atoms with Gasteiger partial charge in [0.1, 0.15) is 12.4 Å². The van der Waals surface area contributed by atoms with E-state index in [4.69, 9.17) is 4.84 Å². The Kier molecular flexibility index (Phi) is 8.24. The van der Waals surface area contributed by atoms with Crippen molar-refractivity contribution in [2.45, 2.75) is 47.3 Å². The van der Waals surface area contributed by atoms with Gasteiger partial charge < -0.3 is 15.1 Å². The van der Waals surface area contributed by atoms with Gasteiger partial charge >= 0.3 is 0 Å². The molecule has 2 N–H and O–H groups in total. The molecule has 3 aromatic rings. The van der Waals surface area contributed by atoms with Gasteiger partial charge in [-0.3, -0.25) is 9.59 Å². The number of H-pyrrole nitrogens is 1. The number of carbonyl (C=O) groups excluding carboxylic acids is 1. The van der Waals surface area contributed by atoms with E-state index in [1.807, 2.05) is 52.0 Å². The number of aromatic amines is 1. The fraction of sp³-hybridized carbons (Fsp3) is 0.259. The number of halogens is 1. The molecule has 1 amide bonds. The molecule has 3 rings (SSSR count). The van der Waals surface area contributed by atoms with Crippen molar-refractivity contribution in [2.75, 3.05) is 0 Å². The summed E-state index contributed by atoms with van der Waals surface area (Å²) in [7, 11) is 0. The Morgan fingerprint density at radius 1 is 1.21 bits per heavy atom. The Bertz CT molecular complexity index is 1270. The van der Waals surface area contributed by atoms with Gasteiger partial charge in [-0.1, -0.05) is 25.1 Å². The minimum atomic E-state index is -0.301. The van der Waals surface area contributed by atoms with Crippen LogP contribution in [0.5, 0.6) is 0 Å². The topological polar surface area (TPSA) is 76.1 Å². The average Bonchev–Trinajstić information content (AvgIpc) is 3.23. The molecule has 6 nitrogen and oxygen atoms in total. The monoisotopic (exact) mass is 463 g/mol. The molecular formula is C27H30FN3O3. The molecule has 0 fully saturated rings. The maximum Gasteiger partial charge on any atom is 0.253 e. The Labute approximate surface area is 198 Å². The van der Waals surface area contributed by atoms with Gasteiger partial charge in [0.05, 0.1) is 5.69 Å². The lowest BCUT2D eigenvalue weighted by molar-refractivity contribution is -0.117. The van der Waals surface area contributed by atoms with Crippen LogP contribution in [-0.4, -0.2) is 15.6 Å². The highest BCUT2D eigenvalue weighted by Gasteiger charge is 2.15. The zero-order chi connectivity index (χ0) is 24.7. The molecular weight excluding hydrogens is 433 g/mol. The zero-order valence-corrected chi connectivity index (χ0v) is 19.9. The number of benzene rings is 1. The fourth-order valence-corrected chi connectivity index (χ4v) is 3.62. The maximum atomic E-state index is 13.2. The summed E-state index contributed by atoms with van der Waals surface area (Å²) in [5.41, 5.74) is 4.74. The van der Waals surface area contributed by atoms with Crippen LogP contribution < -0.4 is 15.7 Å². The van der Waals surface area contributed by atoms with E-state index in [1.165, 1.54) is 12.1 Å². The number of nitrogens with zero attached hydrogens (tertiary/aromatic N) is 1. The van der Waals surface area contributed by atoms with Crippen molar-refractivity contribution < 1.29 is 14.0 Å². The quantitative estimate of drug-likeness (QED) is 0.359. The number of hydrogen-bond acceptors (Lipinski definition) is 3. The number of hydrogen-bond donors (Lipinski definition) is 2. The second kappa shape index (κ2) is 11.3. The smallest absolute Gasteiger partial charge is 0.253 e. The number of carbonyl (C=O) groups is 1. The highest BCUT2D eigenvalue weighted by Crippen LogP contribution is 2.17. The lowest BCUT2D eigenvalue weighted by Crippen LogP contribution is -2.29. The lowest BCUT2D eigenvalue weighted by Gasteiger charge is -2.13. The Morgan fingerprint density at radius 2 is 1.94 bits per heavy atom. The van der Waals surface area contributed by atoms with Crippen molar-refractivity contribution in [2.24, 2.45) is 0 Å². The number of aryl methyl sites for hydroxylation is 2. The summed E-state index contributed by atoms with van der Waals surface area (Å²) in [6, 6.07) is 11.6. The largest absolute Gasteiger partial charge is 0.409 e. The minimum absolute atomic E-state index is 0.124. The van der Waals surface area contributed by atoms with E-state index in [-0.39, 0.29) is 30.4 Å². The van der Waals surface area contributed by atoms with Crippen LogP contribution >= 0.6 is 0 Å². The van der Waals surface area contributed by atoms with Crippen molar-refractivity contribution in [3.05, 3.63) is 110 Å². The molecule has 0 spiro atoms. The van der Waals surface area contributed by atoms with Gasteiger partial charge in [-0.15, -0.1) is 0 Å². The van der Waals surface area contributed by atoms with Gasteiger partial charge in [0.15, 0.2) is 0 Å². The van der Waals surface area contributed by atoms with E-state index >= 15 is 0 Å². The first-order valence-corrected chi connectivity index (χ1v) is 11.2. The number of aromatic nitrogens is 2. The Hall–Kier alpha value is -3.87. The van der Waals surface area contributed by atoms with Crippen LogP contribution in [0.2, 0.25) is 0 Å². The van der Waals surface area contributed by atoms with Crippen LogP contribution in [0.15, 0.2) is 70.7 Å². The van der Waals surface area contributed by atoms with Gasteiger partial charge in [-0.2, -0.15) is 4.73 Å². The molecule has 0 aliphatic rings. The fourth-order valence-electron chi connectivity index (χ4n) is 3.62. The van der Waals surface area contributed by atoms with Gasteiger partial charge in [0.25, 0.3) is 11.5 Å². The highest BCUT2D eigenvalue weighted by molar-refractivity contribution is 6.01. The van der Waals surface area contributed by atoms with Crippen LogP contribution in [-0.2, 0) is 17.9 Å². The number of allylic oxidation sites excluding steroid dienone is 1. The average molecular weight is 464 g/mol. The first kappa shape index (κ1) is 24.8. The molecule has 34 heavy (non-hydrogen) atoms. The van der Waals surface area contributed by atoms with E-state index in [1.54, 1.807) is 29.1 Å². The summed E-state index contributed by atoms with van der Waals surface area (Å²) in [5.74, 6) is -0.585. The summed E-state index contributed by atoms with van der Waals surface area (Å²) in [6.45, 7) is 7.93. The van der Waals surface area contributed by atoms with E-state index in [0.717, 1.165) is 28.8 Å². The van der Waals surface area contributed by atoms with Gasteiger partial charge in [-0.05, 0) is 80.3 Å². The molecule has 2 aromatic heterocycles. The highest BCUT2D eigenvalue weighted by atomic mass is 19.1. The molecule has 0 atom stereocenters. The Morgan fingerprint density at radius 3 is 2.62 bits per heavy atom. The molecule has 0 saturated carbocycles. The van der Waals surface area contributed by atoms with Gasteiger partial charge in [0, 0.05) is 29.6 Å². The second-order valence-electron chi connectivity index (χ2n) is 8.14. The van der Waals surface area contributed by atoms with Crippen LogP contribution in [0.25, 0.3) is 6.08 Å². The van der Waals surface area contributed by atoms with E-state index in [9.17, 15) is 14.0 Å². The SMILES string of the molecule is CC/C=C(C)/C(=C\c1cccn1OCc1ccc(F)cc1)C(=O)NCc1c(C)cc(C)[nH]c1=O. The molecule has 0 aliphatic heterocycles. The molecule has 0 aliphatic carbocycles. The molecule has 1 aromatic carbocycles. The summed E-state index contributed by atoms with van der Waals surface area (Å²) in [4.78, 5) is 34.1. The second-order valence-corrected chi connectivity index (χ2v) is 8.14. The molecule has 0 radical (unpaired) electrons. The minimum Gasteiger partial charge on any atom is -0.409 e. The number of rotatable bonds is 9. The predicted octanol–water partition coefficient (Wildman–Crippen LogP) is 4.62. The summed E-state index contributed by atoms with van der Waals surface area (Å²) in [5, 5.41) is 2.88. The first-order chi connectivity index (χ1) is 16.3. The number of pyridine rings is 1. The summed E-state index contributed by atoms with van der Waals surface area (Å²) in [6.07, 6.45) is 6.25. The predicted molar refractivity (Wildman–Crippen MR) is 132 cm³/mol. The summed E-state index contributed by atoms with van der Waals surface area (Å²) < 4.78 is 14.7. The molecule has 2 heterocycles. The molecule has 0 unspecified atom stereocenters. The summed E-state index contributed by atoms with van der Waals surface area (Å²) >= 11 is 0. The van der Waals surface area contributed by atoms with Gasteiger partial charge in [0.2, 0.25) is 0 Å². The van der Waals surface area contributed by atoms with Crippen LogP contribution in [0, 0.1) is 19.7 Å². The normalized spacial score (nSPS) is 12.0. The third-order valence-corrected chi connectivity index (χ3v) is 5.42. The van der Waals surface area contributed by atoms with E-state index in [2.05, 4.69) is 10.3 Å². The lowest BCUT2D eigenvalue weighted by atomic mass is 10.0. The molecule has 0 bridgehead atoms. The van der Waals surface area contributed by atoms with Gasteiger partial charge in [-0.25, -0.2) is 4.39 Å². The molecule has 7 heteroatoms. The van der Waals surface area contributed by atoms with Crippen molar-refractivity contribution >= 4 is 12.0 Å². The van der Waals surface area contributed by atoms with Crippen LogP contribution in [0.1, 0.15) is 48.3 Å². The Balaban J connectivity index is 1.81. The maximum absolute atomic E-state index is 13.2. The standard InChI is InChI=1S/C27H30FN3O3/c1-5-7-18(2)24(26(32)29-16-25-19(3)14-20(4)30-27(25)33)15-23-8-6-13-31(23)34-17-21-9-11-22(28)12-10-21/h6-15H,5,16-17H2,1-4H3,(H,29,32)(H,30,33)/b18-7+,24-15+. The third kappa shape index (κ3) is 6.34. The number of amides is 1. The zero-order valence-electron chi connectivity index (χ0n) is 19.9. The molecule has 0 saturated heterocycles. The first-order valence-electron chi connectivity index (χ1n) is 11.2. The van der Waals surface area contributed by atoms with Crippen molar-refractivity contribution in [3.63, 3.8) is 0 Å². The van der Waals surface area contributed by atoms with Crippen molar-refractivity contribution in [3.8, 4) is 0 Å². The molecule has 178 valence electrons. The van der Waals surface area contributed by atoms with Crippen molar-refractivity contribution in [1.29, 1.82) is 0 Å². The van der Waals surface area contributed by atoms with Crippen LogP contribution in [0.3, 0.4) is 0 Å². The third-order valence-electron chi connectivity index (χ3n) is 5.42. The van der Waals surface area contributed by atoms with E-state index < -0.39 is 0 Å². The van der Waals surface area contributed by atoms with Crippen molar-refractivity contribution in [1.82, 2.24) is 15.0 Å². The van der Waals surface area contributed by atoms with Crippen LogP contribution in [0.4, 0.5) is 4.39 Å². The number of nitrogens with one attached hydrogen (secondary N) is 2.